The second-order valence-corrected chi connectivity index (χ2v) is 9.23. The van der Waals surface area contributed by atoms with Crippen LogP contribution in [-0.4, -0.2) is 31.9 Å². The Bertz CT molecular complexity index is 1300. The molecule has 3 aliphatic heterocycles. The van der Waals surface area contributed by atoms with Crippen LogP contribution in [0.15, 0.2) is 65.6 Å². The van der Waals surface area contributed by atoms with E-state index in [2.05, 4.69) is 5.32 Å². The Hall–Kier alpha value is -3.85. The summed E-state index contributed by atoms with van der Waals surface area (Å²) in [5, 5.41) is 2.74. The summed E-state index contributed by atoms with van der Waals surface area (Å²) in [4.78, 5) is 28.8. The number of nitrogens with zero attached hydrogens (tertiary/aromatic N) is 1. The average molecular weight is 477 g/mol. The predicted octanol–water partition coefficient (Wildman–Crippen LogP) is 4.35. The number of benzene rings is 3. The van der Waals surface area contributed by atoms with Crippen LogP contribution in [0.1, 0.15) is 17.2 Å². The summed E-state index contributed by atoms with van der Waals surface area (Å²) in [7, 11) is 0. The molecule has 0 saturated heterocycles. The summed E-state index contributed by atoms with van der Waals surface area (Å²) in [6, 6.07) is 18.6. The second kappa shape index (κ2) is 8.49. The fourth-order valence-corrected chi connectivity index (χ4v) is 5.44. The van der Waals surface area contributed by atoms with Gasteiger partial charge in [0.1, 0.15) is 6.54 Å². The Balaban J connectivity index is 1.23. The van der Waals surface area contributed by atoms with Gasteiger partial charge in [-0.25, -0.2) is 0 Å². The number of hydrogen-bond donors (Lipinski definition) is 1. The summed E-state index contributed by atoms with van der Waals surface area (Å²) < 4.78 is 21.6. The molecule has 1 atom stereocenters. The van der Waals surface area contributed by atoms with Gasteiger partial charge in [-0.2, -0.15) is 0 Å². The van der Waals surface area contributed by atoms with E-state index in [9.17, 15) is 9.59 Å². The number of carbonyl (C=O) groups is 2. The van der Waals surface area contributed by atoms with E-state index in [4.69, 9.17) is 18.9 Å². The Morgan fingerprint density at radius 2 is 1.62 bits per heavy atom. The van der Waals surface area contributed by atoms with Crippen molar-refractivity contribution in [3.05, 3.63) is 66.2 Å². The molecule has 0 fully saturated rings. The highest BCUT2D eigenvalue weighted by Gasteiger charge is 2.31. The van der Waals surface area contributed by atoms with Gasteiger partial charge in [-0.3, -0.25) is 9.59 Å². The largest absolute Gasteiger partial charge is 0.454 e. The lowest BCUT2D eigenvalue weighted by atomic mass is 10.1. The molecule has 3 aliphatic rings. The van der Waals surface area contributed by atoms with Crippen LogP contribution in [-0.2, 0) is 9.59 Å². The van der Waals surface area contributed by atoms with Crippen molar-refractivity contribution < 1.29 is 28.5 Å². The number of fused-ring (bicyclic) bond motifs is 3. The Labute approximate surface area is 199 Å². The lowest BCUT2D eigenvalue weighted by Gasteiger charge is -2.22. The summed E-state index contributed by atoms with van der Waals surface area (Å²) in [6.07, 6.45) is 0.246. The SMILES string of the molecule is O=C(CN1C(=O)CC(c2ccc3c(c2)OCO3)Sc2ccccc21)Nc1ccc2c(c1)OCO2. The summed E-state index contributed by atoms with van der Waals surface area (Å²) in [5.41, 5.74) is 2.28. The fraction of sp³-hybridized carbons (Fsp3) is 0.200. The van der Waals surface area contributed by atoms with Crippen LogP contribution in [0.2, 0.25) is 0 Å². The number of para-hydroxylation sites is 1. The maximum atomic E-state index is 13.4. The lowest BCUT2D eigenvalue weighted by Crippen LogP contribution is -2.38. The van der Waals surface area contributed by atoms with Crippen molar-refractivity contribution in [2.24, 2.45) is 0 Å². The van der Waals surface area contributed by atoms with E-state index in [1.54, 1.807) is 34.9 Å². The molecule has 0 saturated carbocycles. The summed E-state index contributed by atoms with van der Waals surface area (Å²) >= 11 is 1.61. The Morgan fingerprint density at radius 1 is 0.912 bits per heavy atom. The number of amides is 2. The van der Waals surface area contributed by atoms with Crippen LogP contribution in [0, 0.1) is 0 Å². The average Bonchev–Trinajstić information content (AvgIpc) is 3.48. The lowest BCUT2D eigenvalue weighted by molar-refractivity contribution is -0.121. The van der Waals surface area contributed by atoms with Gasteiger partial charge in [-0.1, -0.05) is 18.2 Å². The van der Waals surface area contributed by atoms with Crippen molar-refractivity contribution in [2.45, 2.75) is 16.6 Å². The molecule has 6 rings (SSSR count). The first-order valence-corrected chi connectivity index (χ1v) is 11.7. The molecule has 0 aliphatic carbocycles. The van der Waals surface area contributed by atoms with Gasteiger partial charge in [0.05, 0.1) is 5.69 Å². The highest BCUT2D eigenvalue weighted by molar-refractivity contribution is 7.99. The number of nitrogens with one attached hydrogen (secondary N) is 1. The van der Waals surface area contributed by atoms with Gasteiger partial charge in [0, 0.05) is 28.3 Å². The van der Waals surface area contributed by atoms with Gasteiger partial charge in [-0.05, 0) is 42.0 Å². The molecular formula is C25H20N2O6S. The molecule has 2 amide bonds. The number of rotatable bonds is 4. The summed E-state index contributed by atoms with van der Waals surface area (Å²) in [5.74, 6) is 2.19. The van der Waals surface area contributed by atoms with Crippen LogP contribution in [0.4, 0.5) is 11.4 Å². The van der Waals surface area contributed by atoms with Crippen molar-refractivity contribution in [1.82, 2.24) is 0 Å². The molecule has 3 aromatic rings. The van der Waals surface area contributed by atoms with Crippen LogP contribution in [0.3, 0.4) is 0 Å². The number of carbonyl (C=O) groups excluding carboxylic acids is 2. The van der Waals surface area contributed by atoms with E-state index in [1.165, 1.54) is 0 Å². The van der Waals surface area contributed by atoms with Gasteiger partial charge >= 0.3 is 0 Å². The van der Waals surface area contributed by atoms with Crippen LogP contribution >= 0.6 is 11.8 Å². The van der Waals surface area contributed by atoms with Crippen LogP contribution in [0.5, 0.6) is 23.0 Å². The fourth-order valence-electron chi connectivity index (χ4n) is 4.17. The van der Waals surface area contributed by atoms with Crippen molar-refractivity contribution in [3.8, 4) is 23.0 Å². The van der Waals surface area contributed by atoms with Gasteiger partial charge in [0.25, 0.3) is 0 Å². The molecule has 8 nitrogen and oxygen atoms in total. The van der Waals surface area contributed by atoms with E-state index in [0.29, 0.717) is 28.7 Å². The normalized spacial score (nSPS) is 17.8. The molecule has 0 aromatic heterocycles. The smallest absolute Gasteiger partial charge is 0.244 e. The topological polar surface area (TPSA) is 86.3 Å². The van der Waals surface area contributed by atoms with E-state index in [0.717, 1.165) is 16.1 Å². The predicted molar refractivity (Wildman–Crippen MR) is 126 cm³/mol. The molecule has 3 heterocycles. The molecule has 0 radical (unpaired) electrons. The Morgan fingerprint density at radius 3 is 2.44 bits per heavy atom. The highest BCUT2D eigenvalue weighted by atomic mass is 32.2. The number of thioether (sulfide) groups is 1. The molecule has 0 spiro atoms. The third kappa shape index (κ3) is 3.88. The number of hydrogen-bond acceptors (Lipinski definition) is 7. The first-order valence-electron chi connectivity index (χ1n) is 10.8. The van der Waals surface area contributed by atoms with Crippen molar-refractivity contribution in [3.63, 3.8) is 0 Å². The minimum absolute atomic E-state index is 0.0985. The van der Waals surface area contributed by atoms with E-state index in [1.807, 2.05) is 42.5 Å². The van der Waals surface area contributed by atoms with Gasteiger partial charge < -0.3 is 29.2 Å². The maximum absolute atomic E-state index is 13.4. The van der Waals surface area contributed by atoms with E-state index < -0.39 is 0 Å². The minimum Gasteiger partial charge on any atom is -0.454 e. The first-order chi connectivity index (χ1) is 16.6. The van der Waals surface area contributed by atoms with Gasteiger partial charge in [-0.15, -0.1) is 11.8 Å². The standard InChI is InChI=1S/C25H20N2O6S/c28-24(26-16-6-8-19-21(10-16)33-14-31-19)12-27-17-3-1-2-4-22(17)34-23(11-25(27)29)15-5-7-18-20(9-15)32-13-30-18/h1-10,23H,11-14H2,(H,26,28). The molecule has 34 heavy (non-hydrogen) atoms. The summed E-state index contributed by atoms with van der Waals surface area (Å²) in [6.45, 7) is 0.261. The number of ether oxygens (including phenoxy) is 4. The van der Waals surface area contributed by atoms with Crippen LogP contribution < -0.4 is 29.2 Å². The molecule has 0 bridgehead atoms. The third-order valence-corrected chi connectivity index (χ3v) is 7.14. The zero-order valence-electron chi connectivity index (χ0n) is 18.0. The van der Waals surface area contributed by atoms with Crippen LogP contribution in [0.25, 0.3) is 0 Å². The van der Waals surface area contributed by atoms with E-state index in [-0.39, 0.29) is 43.6 Å². The second-order valence-electron chi connectivity index (χ2n) is 7.99. The van der Waals surface area contributed by atoms with Gasteiger partial charge in [0.15, 0.2) is 23.0 Å². The molecule has 172 valence electrons. The molecule has 1 unspecified atom stereocenters. The minimum atomic E-state index is -0.298. The maximum Gasteiger partial charge on any atom is 0.244 e. The quantitative estimate of drug-likeness (QED) is 0.599. The molecule has 1 N–H and O–H groups in total. The Kier molecular flexibility index (Phi) is 5.18. The highest BCUT2D eigenvalue weighted by Crippen LogP contribution is 2.47. The molecule has 9 heteroatoms. The molecule has 3 aromatic carbocycles. The van der Waals surface area contributed by atoms with Gasteiger partial charge in [0.2, 0.25) is 25.4 Å². The zero-order valence-corrected chi connectivity index (χ0v) is 18.8. The van der Waals surface area contributed by atoms with Crippen molar-refractivity contribution in [1.29, 1.82) is 0 Å². The zero-order chi connectivity index (χ0) is 23.1. The number of anilines is 2. The van der Waals surface area contributed by atoms with E-state index >= 15 is 0 Å². The monoisotopic (exact) mass is 476 g/mol. The molecular weight excluding hydrogens is 456 g/mol. The van der Waals surface area contributed by atoms with Crippen molar-refractivity contribution >= 4 is 35.0 Å². The van der Waals surface area contributed by atoms with Crippen molar-refractivity contribution in [2.75, 3.05) is 30.3 Å². The first kappa shape index (κ1) is 20.7. The third-order valence-electron chi connectivity index (χ3n) is 5.81.